The van der Waals surface area contributed by atoms with Crippen LogP contribution in [0.25, 0.3) is 11.1 Å². The van der Waals surface area contributed by atoms with Crippen molar-refractivity contribution in [1.82, 2.24) is 15.5 Å². The maximum absolute atomic E-state index is 14.8. The highest BCUT2D eigenvalue weighted by atomic mass is 32.1. The summed E-state index contributed by atoms with van der Waals surface area (Å²) in [6.07, 6.45) is 3.25. The minimum absolute atomic E-state index is 0.0917. The molecule has 1 aromatic heterocycles. The highest BCUT2D eigenvalue weighted by molar-refractivity contribution is 7.12. The van der Waals surface area contributed by atoms with Gasteiger partial charge in [0.05, 0.1) is 17.0 Å². The molecule has 1 saturated carbocycles. The molecule has 1 saturated heterocycles. The molecule has 2 N–H and O–H groups in total. The van der Waals surface area contributed by atoms with Gasteiger partial charge in [0, 0.05) is 26.6 Å². The van der Waals surface area contributed by atoms with E-state index in [-0.39, 0.29) is 24.3 Å². The Morgan fingerprint density at radius 1 is 1.32 bits per heavy atom. The first-order chi connectivity index (χ1) is 14.9. The van der Waals surface area contributed by atoms with E-state index in [0.29, 0.717) is 28.0 Å². The number of hydrogen-bond acceptors (Lipinski definition) is 5. The molecule has 2 heterocycles. The second-order valence-corrected chi connectivity index (χ2v) is 9.43. The van der Waals surface area contributed by atoms with Gasteiger partial charge in [0.15, 0.2) is 0 Å². The second kappa shape index (κ2) is 8.77. The van der Waals surface area contributed by atoms with Gasteiger partial charge in [-0.05, 0) is 59.4 Å². The number of hydrogen-bond donors (Lipinski definition) is 2. The third-order valence-corrected chi connectivity index (χ3v) is 7.06. The Morgan fingerprint density at radius 3 is 2.74 bits per heavy atom. The van der Waals surface area contributed by atoms with E-state index in [1.165, 1.54) is 22.3 Å². The van der Waals surface area contributed by atoms with Gasteiger partial charge in [-0.1, -0.05) is 12.1 Å². The first-order valence-corrected chi connectivity index (χ1v) is 11.3. The van der Waals surface area contributed by atoms with Gasteiger partial charge in [-0.15, -0.1) is 11.3 Å². The van der Waals surface area contributed by atoms with Crippen molar-refractivity contribution < 1.29 is 14.0 Å². The predicted molar refractivity (Wildman–Crippen MR) is 117 cm³/mol. The first-order valence-electron chi connectivity index (χ1n) is 10.4. The van der Waals surface area contributed by atoms with Crippen molar-refractivity contribution in [2.45, 2.75) is 43.8 Å². The molecular weight excluding hydrogens is 415 g/mol. The summed E-state index contributed by atoms with van der Waals surface area (Å²) in [4.78, 5) is 26.7. The molecule has 162 valence electrons. The Labute approximate surface area is 185 Å². The summed E-state index contributed by atoms with van der Waals surface area (Å²) in [5.41, 5.74) is 1.81. The average molecular weight is 441 g/mol. The van der Waals surface area contributed by atoms with Crippen LogP contribution in [-0.2, 0) is 11.2 Å². The molecule has 6 nitrogen and oxygen atoms in total. The van der Waals surface area contributed by atoms with Gasteiger partial charge < -0.3 is 15.5 Å². The van der Waals surface area contributed by atoms with Crippen LogP contribution in [0.1, 0.15) is 34.5 Å². The normalized spacial score (nSPS) is 22.7. The van der Waals surface area contributed by atoms with Gasteiger partial charge in [0.2, 0.25) is 5.91 Å². The fourth-order valence-electron chi connectivity index (χ4n) is 4.47. The topological polar surface area (TPSA) is 85.2 Å². The van der Waals surface area contributed by atoms with Crippen molar-refractivity contribution in [3.05, 3.63) is 45.9 Å². The number of rotatable bonds is 6. The van der Waals surface area contributed by atoms with Crippen LogP contribution in [0.15, 0.2) is 29.6 Å². The zero-order valence-electron chi connectivity index (χ0n) is 17.5. The van der Waals surface area contributed by atoms with Crippen molar-refractivity contribution in [3.63, 3.8) is 0 Å². The number of carbonyl (C=O) groups is 2. The highest BCUT2D eigenvalue weighted by Gasteiger charge is 2.43. The monoisotopic (exact) mass is 440 g/mol. The molecule has 2 bridgehead atoms. The summed E-state index contributed by atoms with van der Waals surface area (Å²) < 4.78 is 14.8. The highest BCUT2D eigenvalue weighted by Crippen LogP contribution is 2.35. The zero-order valence-corrected chi connectivity index (χ0v) is 18.3. The minimum Gasteiger partial charge on any atom is -0.344 e. The summed E-state index contributed by atoms with van der Waals surface area (Å²) in [6.45, 7) is 0. The van der Waals surface area contributed by atoms with E-state index in [2.05, 4.69) is 16.7 Å². The number of nitriles is 1. The molecule has 2 amide bonds. The van der Waals surface area contributed by atoms with E-state index in [0.717, 1.165) is 24.8 Å². The maximum Gasteiger partial charge on any atom is 0.263 e. The standard InChI is InChI=1S/C23H25FN4O2S/c1-28(2)23(30)20-10-16(12-31-20)13-3-4-14(19(24)9-13)7-18(11-25)27-22(29)21-15-5-6-17(8-15)26-21/h3-4,9-10,12,15,17-18,21,26H,5-8H2,1-2H3,(H,27,29)/t15-,17+,18-,21-/m0/s1. The average Bonchev–Trinajstić information content (AvgIpc) is 3.50. The third kappa shape index (κ3) is 4.48. The van der Waals surface area contributed by atoms with Crippen LogP contribution < -0.4 is 10.6 Å². The quantitative estimate of drug-likeness (QED) is 0.723. The summed E-state index contributed by atoms with van der Waals surface area (Å²) >= 11 is 1.32. The molecule has 0 unspecified atom stereocenters. The molecule has 8 heteroatoms. The van der Waals surface area contributed by atoms with Crippen LogP contribution in [0, 0.1) is 23.1 Å². The fourth-order valence-corrected chi connectivity index (χ4v) is 5.41. The molecule has 2 fully saturated rings. The van der Waals surface area contributed by atoms with Crippen LogP contribution in [0.2, 0.25) is 0 Å². The molecule has 2 aliphatic rings. The van der Waals surface area contributed by atoms with Gasteiger partial charge in [-0.3, -0.25) is 9.59 Å². The largest absolute Gasteiger partial charge is 0.344 e. The minimum atomic E-state index is -0.792. The molecule has 0 radical (unpaired) electrons. The molecule has 1 aliphatic carbocycles. The third-order valence-electron chi connectivity index (χ3n) is 6.14. The van der Waals surface area contributed by atoms with E-state index in [1.54, 1.807) is 32.3 Å². The summed E-state index contributed by atoms with van der Waals surface area (Å²) in [5, 5.41) is 17.4. The van der Waals surface area contributed by atoms with E-state index in [1.807, 2.05) is 5.38 Å². The van der Waals surface area contributed by atoms with E-state index >= 15 is 0 Å². The lowest BCUT2D eigenvalue weighted by molar-refractivity contribution is -0.124. The van der Waals surface area contributed by atoms with Crippen molar-refractivity contribution in [1.29, 1.82) is 5.26 Å². The van der Waals surface area contributed by atoms with Crippen molar-refractivity contribution in [2.75, 3.05) is 14.1 Å². The van der Waals surface area contributed by atoms with E-state index < -0.39 is 11.9 Å². The van der Waals surface area contributed by atoms with Crippen molar-refractivity contribution >= 4 is 23.2 Å². The number of nitrogens with zero attached hydrogens (tertiary/aromatic N) is 2. The molecule has 31 heavy (non-hydrogen) atoms. The number of piperidine rings is 1. The van der Waals surface area contributed by atoms with Gasteiger partial charge in [-0.2, -0.15) is 5.26 Å². The van der Waals surface area contributed by atoms with Crippen LogP contribution in [-0.4, -0.2) is 48.9 Å². The predicted octanol–water partition coefficient (Wildman–Crippen LogP) is 2.95. The first kappa shape index (κ1) is 21.5. The molecule has 4 atom stereocenters. The summed E-state index contributed by atoms with van der Waals surface area (Å²) in [5.74, 6) is -0.370. The molecule has 4 rings (SSSR count). The Kier molecular flexibility index (Phi) is 6.08. The number of thiophene rings is 1. The van der Waals surface area contributed by atoms with E-state index in [4.69, 9.17) is 0 Å². The molecule has 1 aromatic carbocycles. The number of amides is 2. The smallest absolute Gasteiger partial charge is 0.263 e. The number of fused-ring (bicyclic) bond motifs is 2. The van der Waals surface area contributed by atoms with Crippen molar-refractivity contribution in [2.24, 2.45) is 5.92 Å². The van der Waals surface area contributed by atoms with Crippen LogP contribution in [0.5, 0.6) is 0 Å². The summed E-state index contributed by atoms with van der Waals surface area (Å²) in [7, 11) is 3.38. The van der Waals surface area contributed by atoms with E-state index in [9.17, 15) is 19.2 Å². The molecular formula is C23H25FN4O2S. The SMILES string of the molecule is CN(C)C(=O)c1cc(-c2ccc(C[C@@H](C#N)NC(=O)[C@H]3N[C@@H]4CC[C@H]3C4)c(F)c2)cs1. The summed E-state index contributed by atoms with van der Waals surface area (Å²) in [6, 6.07) is 8.02. The number of halogens is 1. The van der Waals surface area contributed by atoms with Gasteiger partial charge in [-0.25, -0.2) is 4.39 Å². The second-order valence-electron chi connectivity index (χ2n) is 8.51. The van der Waals surface area contributed by atoms with Crippen LogP contribution in [0.3, 0.4) is 0 Å². The Balaban J connectivity index is 1.42. The molecule has 2 aromatic rings. The Hall–Kier alpha value is -2.76. The van der Waals surface area contributed by atoms with Gasteiger partial charge >= 0.3 is 0 Å². The lowest BCUT2D eigenvalue weighted by atomic mass is 9.98. The zero-order chi connectivity index (χ0) is 22.1. The Morgan fingerprint density at radius 2 is 2.13 bits per heavy atom. The molecule has 1 aliphatic heterocycles. The number of benzene rings is 1. The molecule has 0 spiro atoms. The van der Waals surface area contributed by atoms with Gasteiger partial charge in [0.25, 0.3) is 5.91 Å². The lowest BCUT2D eigenvalue weighted by Crippen LogP contribution is -2.50. The van der Waals surface area contributed by atoms with Crippen LogP contribution >= 0.6 is 11.3 Å². The fraction of sp³-hybridized carbons (Fsp3) is 0.435. The maximum atomic E-state index is 14.8. The number of carbonyl (C=O) groups excluding carboxylic acids is 2. The number of nitrogens with one attached hydrogen (secondary N) is 2. The van der Waals surface area contributed by atoms with Crippen molar-refractivity contribution in [3.8, 4) is 17.2 Å². The van der Waals surface area contributed by atoms with Crippen LogP contribution in [0.4, 0.5) is 4.39 Å². The lowest BCUT2D eigenvalue weighted by Gasteiger charge is -2.23. The Bertz CT molecular complexity index is 1040. The van der Waals surface area contributed by atoms with Gasteiger partial charge in [0.1, 0.15) is 11.9 Å².